The van der Waals surface area contributed by atoms with Crippen LogP contribution in [0, 0.1) is 6.92 Å². The summed E-state index contributed by atoms with van der Waals surface area (Å²) in [5.41, 5.74) is 2.55. The molecule has 0 fully saturated rings. The van der Waals surface area contributed by atoms with Gasteiger partial charge in [-0.2, -0.15) is 0 Å². The molecule has 0 spiro atoms. The first-order valence-corrected chi connectivity index (χ1v) is 8.10. The van der Waals surface area contributed by atoms with Gasteiger partial charge in [-0.25, -0.2) is 0 Å². The Morgan fingerprint density at radius 2 is 1.83 bits per heavy atom. The monoisotopic (exact) mass is 345 g/mol. The van der Waals surface area contributed by atoms with Crippen molar-refractivity contribution in [2.45, 2.75) is 26.2 Å². The number of amides is 1. The molecule has 1 amide bonds. The third-order valence-electron chi connectivity index (χ3n) is 3.71. The van der Waals surface area contributed by atoms with Crippen molar-refractivity contribution in [1.82, 2.24) is 0 Å². The van der Waals surface area contributed by atoms with Crippen LogP contribution < -0.4 is 10.1 Å². The highest BCUT2D eigenvalue weighted by atomic mass is 35.5. The third kappa shape index (κ3) is 5.10. The van der Waals surface area contributed by atoms with Crippen LogP contribution in [-0.4, -0.2) is 18.8 Å². The summed E-state index contributed by atoms with van der Waals surface area (Å²) < 4.78 is 5.10. The van der Waals surface area contributed by atoms with Gasteiger partial charge >= 0.3 is 0 Å². The van der Waals surface area contributed by atoms with Crippen LogP contribution in [0.4, 0.5) is 5.69 Å². The van der Waals surface area contributed by atoms with Gasteiger partial charge in [-0.15, -0.1) is 0 Å². The molecule has 1 N–H and O–H groups in total. The topological polar surface area (TPSA) is 55.4 Å². The van der Waals surface area contributed by atoms with Crippen LogP contribution in [0.25, 0.3) is 0 Å². The minimum absolute atomic E-state index is 0.206. The zero-order chi connectivity index (χ0) is 17.5. The molecule has 0 aromatic heterocycles. The van der Waals surface area contributed by atoms with E-state index >= 15 is 0 Å². The molecule has 0 atom stereocenters. The van der Waals surface area contributed by atoms with Crippen LogP contribution in [0.5, 0.6) is 5.75 Å². The van der Waals surface area contributed by atoms with Crippen molar-refractivity contribution in [3.63, 3.8) is 0 Å². The minimum Gasteiger partial charge on any atom is -0.497 e. The molecule has 0 aliphatic carbocycles. The lowest BCUT2D eigenvalue weighted by Crippen LogP contribution is -2.22. The Morgan fingerprint density at radius 3 is 2.46 bits per heavy atom. The van der Waals surface area contributed by atoms with Gasteiger partial charge < -0.3 is 10.1 Å². The van der Waals surface area contributed by atoms with E-state index in [0.29, 0.717) is 17.1 Å². The van der Waals surface area contributed by atoms with Crippen molar-refractivity contribution in [2.75, 3.05) is 12.4 Å². The number of aryl methyl sites for hydroxylation is 2. The van der Waals surface area contributed by atoms with Crippen molar-refractivity contribution in [2.24, 2.45) is 0 Å². The van der Waals surface area contributed by atoms with Gasteiger partial charge in [-0.1, -0.05) is 29.8 Å². The van der Waals surface area contributed by atoms with Gasteiger partial charge in [0, 0.05) is 17.1 Å². The molecular formula is C19H20ClNO3. The lowest BCUT2D eigenvalue weighted by molar-refractivity contribution is -0.134. The van der Waals surface area contributed by atoms with Gasteiger partial charge in [0.25, 0.3) is 5.91 Å². The zero-order valence-corrected chi connectivity index (χ0v) is 14.5. The minimum atomic E-state index is -0.607. The number of ether oxygens (including phenoxy) is 1. The molecule has 0 aliphatic heterocycles. The Kier molecular flexibility index (Phi) is 6.38. The van der Waals surface area contributed by atoms with Crippen molar-refractivity contribution in [3.05, 3.63) is 58.6 Å². The normalized spacial score (nSPS) is 10.3. The fourth-order valence-electron chi connectivity index (χ4n) is 2.23. The number of benzene rings is 2. The number of carbonyl (C=O) groups excluding carboxylic acids is 2. The van der Waals surface area contributed by atoms with Gasteiger partial charge in [-0.3, -0.25) is 9.59 Å². The fraction of sp³-hybridized carbons (Fsp3) is 0.263. The Balaban J connectivity index is 1.80. The Labute approximate surface area is 146 Å². The quantitative estimate of drug-likeness (QED) is 0.765. The average molecular weight is 346 g/mol. The molecule has 5 heteroatoms. The first kappa shape index (κ1) is 18.0. The zero-order valence-electron chi connectivity index (χ0n) is 13.8. The number of nitrogens with one attached hydrogen (secondary N) is 1. The van der Waals surface area contributed by atoms with E-state index in [2.05, 4.69) is 5.32 Å². The van der Waals surface area contributed by atoms with Gasteiger partial charge in [0.1, 0.15) is 5.75 Å². The summed E-state index contributed by atoms with van der Waals surface area (Å²) in [6, 6.07) is 12.8. The lowest BCUT2D eigenvalue weighted by Gasteiger charge is -2.06. The van der Waals surface area contributed by atoms with E-state index in [1.54, 1.807) is 25.3 Å². The second-order valence-corrected chi connectivity index (χ2v) is 5.95. The summed E-state index contributed by atoms with van der Waals surface area (Å²) in [5, 5.41) is 3.14. The Morgan fingerprint density at radius 1 is 1.12 bits per heavy atom. The Hall–Kier alpha value is -2.33. The van der Waals surface area contributed by atoms with Crippen molar-refractivity contribution in [1.29, 1.82) is 0 Å². The molecular weight excluding hydrogens is 326 g/mol. The summed E-state index contributed by atoms with van der Waals surface area (Å²) in [7, 11) is 1.62. The number of methoxy groups -OCH3 is 1. The molecule has 0 unspecified atom stereocenters. The molecule has 0 radical (unpaired) electrons. The van der Waals surface area contributed by atoms with Crippen molar-refractivity contribution >= 4 is 29.0 Å². The number of carbonyl (C=O) groups is 2. The highest BCUT2D eigenvalue weighted by molar-refractivity contribution is 6.40. The molecule has 0 aliphatic rings. The van der Waals surface area contributed by atoms with E-state index in [4.69, 9.17) is 16.3 Å². The number of hydrogen-bond acceptors (Lipinski definition) is 3. The molecule has 2 aromatic rings. The summed E-state index contributed by atoms with van der Waals surface area (Å²) in [6.45, 7) is 1.87. The summed E-state index contributed by atoms with van der Waals surface area (Å²) in [6.07, 6.45) is 1.56. The largest absolute Gasteiger partial charge is 0.497 e. The van der Waals surface area contributed by atoms with Crippen LogP contribution in [0.15, 0.2) is 42.5 Å². The smallest absolute Gasteiger partial charge is 0.291 e. The summed E-state index contributed by atoms with van der Waals surface area (Å²) in [4.78, 5) is 23.8. The molecule has 0 heterocycles. The molecule has 0 bridgehead atoms. The van der Waals surface area contributed by atoms with Gasteiger partial charge in [-0.05, 0) is 55.2 Å². The number of hydrogen-bond donors (Lipinski definition) is 1. The molecule has 126 valence electrons. The number of Topliss-reactive ketones (excluding diaryl/α,β-unsaturated/α-hetero) is 1. The van der Waals surface area contributed by atoms with Gasteiger partial charge in [0.2, 0.25) is 5.78 Å². The van der Waals surface area contributed by atoms with Crippen molar-refractivity contribution < 1.29 is 14.3 Å². The van der Waals surface area contributed by atoms with E-state index in [9.17, 15) is 9.59 Å². The molecule has 4 nitrogen and oxygen atoms in total. The molecule has 2 aromatic carbocycles. The van der Waals surface area contributed by atoms with E-state index in [1.807, 2.05) is 31.2 Å². The number of rotatable bonds is 7. The van der Waals surface area contributed by atoms with Crippen LogP contribution in [-0.2, 0) is 16.0 Å². The maximum absolute atomic E-state index is 11.9. The fourth-order valence-corrected chi connectivity index (χ4v) is 2.41. The summed E-state index contributed by atoms with van der Waals surface area (Å²) >= 11 is 6.00. The Bertz CT molecular complexity index is 726. The lowest BCUT2D eigenvalue weighted by atomic mass is 10.1. The molecule has 2 rings (SSSR count). The second-order valence-electron chi connectivity index (χ2n) is 5.54. The average Bonchev–Trinajstić information content (AvgIpc) is 2.58. The van der Waals surface area contributed by atoms with Crippen LogP contribution >= 0.6 is 11.6 Å². The number of ketones is 1. The second kappa shape index (κ2) is 8.50. The van der Waals surface area contributed by atoms with E-state index in [0.717, 1.165) is 23.3 Å². The molecule has 24 heavy (non-hydrogen) atoms. The first-order valence-electron chi connectivity index (χ1n) is 7.73. The predicted octanol–water partition coefficient (Wildman–Crippen LogP) is 4.19. The van der Waals surface area contributed by atoms with Crippen molar-refractivity contribution in [3.8, 4) is 5.75 Å². The van der Waals surface area contributed by atoms with Crippen LogP contribution in [0.3, 0.4) is 0 Å². The SMILES string of the molecule is COc1ccc(CCCC(=O)C(=O)Nc2ccc(C)c(Cl)c2)cc1. The molecule has 0 saturated heterocycles. The first-order chi connectivity index (χ1) is 11.5. The third-order valence-corrected chi connectivity index (χ3v) is 4.12. The van der Waals surface area contributed by atoms with Crippen LogP contribution in [0.2, 0.25) is 5.02 Å². The maximum Gasteiger partial charge on any atom is 0.291 e. The summed E-state index contributed by atoms with van der Waals surface area (Å²) in [5.74, 6) is -0.240. The van der Waals surface area contributed by atoms with E-state index < -0.39 is 11.7 Å². The number of anilines is 1. The molecule has 0 saturated carbocycles. The maximum atomic E-state index is 11.9. The predicted molar refractivity (Wildman–Crippen MR) is 95.8 cm³/mol. The van der Waals surface area contributed by atoms with Gasteiger partial charge in [0.05, 0.1) is 7.11 Å². The van der Waals surface area contributed by atoms with Crippen LogP contribution in [0.1, 0.15) is 24.0 Å². The standard InChI is InChI=1S/C19H20ClNO3/c1-13-6-9-15(12-17(13)20)21-19(23)18(22)5-3-4-14-7-10-16(24-2)11-8-14/h6-12H,3-5H2,1-2H3,(H,21,23). The number of halogens is 1. The highest BCUT2D eigenvalue weighted by Crippen LogP contribution is 2.20. The van der Waals surface area contributed by atoms with E-state index in [1.165, 1.54) is 0 Å². The van der Waals surface area contributed by atoms with E-state index in [-0.39, 0.29) is 6.42 Å². The highest BCUT2D eigenvalue weighted by Gasteiger charge is 2.13. The van der Waals surface area contributed by atoms with Gasteiger partial charge in [0.15, 0.2) is 0 Å².